The molecule has 0 radical (unpaired) electrons. The van der Waals surface area contributed by atoms with Crippen LogP contribution in [0.4, 0.5) is 4.39 Å². The smallest absolute Gasteiger partial charge is 0.123 e. The molecule has 0 unspecified atom stereocenters. The second kappa shape index (κ2) is 8.19. The van der Waals surface area contributed by atoms with Crippen LogP contribution in [0.1, 0.15) is 11.1 Å². The number of aryl methyl sites for hydroxylation is 1. The normalized spacial score (nSPS) is 11.3. The molecule has 5 nitrogen and oxygen atoms in total. The minimum absolute atomic E-state index is 0.274. The van der Waals surface area contributed by atoms with E-state index in [1.165, 1.54) is 12.1 Å². The minimum Gasteiger partial charge on any atom is -0.298 e. The fourth-order valence-corrected chi connectivity index (χ4v) is 3.57. The summed E-state index contributed by atoms with van der Waals surface area (Å²) in [6, 6.07) is 13.9. The molecule has 0 saturated carbocycles. The van der Waals surface area contributed by atoms with Crippen LogP contribution in [0.3, 0.4) is 0 Å². The molecule has 0 spiro atoms. The van der Waals surface area contributed by atoms with E-state index >= 15 is 0 Å². The van der Waals surface area contributed by atoms with Crippen LogP contribution >= 0.6 is 11.6 Å². The summed E-state index contributed by atoms with van der Waals surface area (Å²) in [6.45, 7) is 1.44. The van der Waals surface area contributed by atoms with Crippen molar-refractivity contribution >= 4 is 11.6 Å². The third kappa shape index (κ3) is 4.39. The number of halogens is 2. The summed E-state index contributed by atoms with van der Waals surface area (Å²) in [5.74, 6) is -0.274. The number of hydrogen-bond donors (Lipinski definition) is 0. The van der Waals surface area contributed by atoms with E-state index in [1.807, 2.05) is 49.9 Å². The summed E-state index contributed by atoms with van der Waals surface area (Å²) in [6.07, 6.45) is 5.85. The quantitative estimate of drug-likeness (QED) is 0.463. The molecule has 0 aliphatic carbocycles. The molecule has 0 fully saturated rings. The van der Waals surface area contributed by atoms with Gasteiger partial charge in [-0.25, -0.2) is 9.07 Å². The molecular weight excluding hydrogens is 389 g/mol. The lowest BCUT2D eigenvalue weighted by Crippen LogP contribution is -2.17. The molecule has 0 saturated heterocycles. The van der Waals surface area contributed by atoms with Gasteiger partial charge in [0, 0.05) is 49.2 Å². The lowest BCUT2D eigenvalue weighted by atomic mass is 10.1. The van der Waals surface area contributed by atoms with E-state index in [2.05, 4.69) is 17.0 Å². The molecular formula is C22H21ClFN5. The van der Waals surface area contributed by atoms with Crippen LogP contribution in [0.15, 0.2) is 67.1 Å². The number of nitrogens with zero attached hydrogens (tertiary/aromatic N) is 5. The summed E-state index contributed by atoms with van der Waals surface area (Å²) in [4.78, 5) is 2.20. The van der Waals surface area contributed by atoms with Crippen molar-refractivity contribution in [2.24, 2.45) is 7.05 Å². The third-order valence-electron chi connectivity index (χ3n) is 4.66. The minimum atomic E-state index is -0.274. The Morgan fingerprint density at radius 2 is 1.79 bits per heavy atom. The van der Waals surface area contributed by atoms with Crippen LogP contribution in [0.5, 0.6) is 0 Å². The van der Waals surface area contributed by atoms with Gasteiger partial charge in [-0.1, -0.05) is 29.8 Å². The highest BCUT2D eigenvalue weighted by atomic mass is 35.5. The van der Waals surface area contributed by atoms with Gasteiger partial charge in [-0.15, -0.1) is 0 Å². The van der Waals surface area contributed by atoms with Crippen LogP contribution in [-0.2, 0) is 20.1 Å². The van der Waals surface area contributed by atoms with Gasteiger partial charge in [-0.2, -0.15) is 10.2 Å². The van der Waals surface area contributed by atoms with Crippen LogP contribution < -0.4 is 0 Å². The standard InChI is InChI=1S/C22H21ClFN5/c1-27(12-16-11-25-28(2)13-16)14-17-15-29(19-9-7-18(24)8-10-19)26-22(17)20-5-3-4-6-21(20)23/h3-11,13,15H,12,14H2,1-2H3. The average molecular weight is 410 g/mol. The zero-order valence-corrected chi connectivity index (χ0v) is 17.0. The Morgan fingerprint density at radius 1 is 1.03 bits per heavy atom. The number of rotatable bonds is 6. The van der Waals surface area contributed by atoms with E-state index in [9.17, 15) is 4.39 Å². The van der Waals surface area contributed by atoms with Gasteiger partial charge in [0.05, 0.1) is 22.6 Å². The van der Waals surface area contributed by atoms with E-state index in [0.29, 0.717) is 11.6 Å². The highest BCUT2D eigenvalue weighted by molar-refractivity contribution is 6.33. The zero-order chi connectivity index (χ0) is 20.4. The van der Waals surface area contributed by atoms with Crippen molar-refractivity contribution in [1.82, 2.24) is 24.5 Å². The van der Waals surface area contributed by atoms with Crippen LogP contribution in [0.25, 0.3) is 16.9 Å². The van der Waals surface area contributed by atoms with Crippen molar-refractivity contribution in [2.75, 3.05) is 7.05 Å². The Labute approximate surface area is 174 Å². The van der Waals surface area contributed by atoms with Crippen molar-refractivity contribution in [3.63, 3.8) is 0 Å². The Bertz CT molecular complexity index is 1120. The molecule has 0 amide bonds. The van der Waals surface area contributed by atoms with Crippen LogP contribution in [-0.4, -0.2) is 31.5 Å². The van der Waals surface area contributed by atoms with E-state index in [1.54, 1.807) is 21.5 Å². The monoisotopic (exact) mass is 409 g/mol. The number of benzene rings is 2. The van der Waals surface area contributed by atoms with Crippen molar-refractivity contribution < 1.29 is 4.39 Å². The van der Waals surface area contributed by atoms with Gasteiger partial charge in [-0.3, -0.25) is 9.58 Å². The van der Waals surface area contributed by atoms with Crippen molar-refractivity contribution in [2.45, 2.75) is 13.1 Å². The molecule has 0 N–H and O–H groups in total. The van der Waals surface area contributed by atoms with Crippen molar-refractivity contribution in [3.05, 3.63) is 89.1 Å². The maximum atomic E-state index is 13.3. The molecule has 4 rings (SSSR count). The molecule has 0 bridgehead atoms. The summed E-state index contributed by atoms with van der Waals surface area (Å²) in [7, 11) is 3.96. The SMILES string of the molecule is CN(Cc1cnn(C)c1)Cc1cn(-c2ccc(F)cc2)nc1-c1ccccc1Cl. The lowest BCUT2D eigenvalue weighted by Gasteiger charge is -2.15. The second-order valence-electron chi connectivity index (χ2n) is 7.10. The lowest BCUT2D eigenvalue weighted by molar-refractivity contribution is 0.319. The summed E-state index contributed by atoms with van der Waals surface area (Å²) < 4.78 is 16.9. The fourth-order valence-electron chi connectivity index (χ4n) is 3.34. The maximum Gasteiger partial charge on any atom is 0.123 e. The Balaban J connectivity index is 1.68. The average Bonchev–Trinajstić information content (AvgIpc) is 3.29. The maximum absolute atomic E-state index is 13.3. The first kappa shape index (κ1) is 19.4. The largest absolute Gasteiger partial charge is 0.298 e. The van der Waals surface area contributed by atoms with Gasteiger partial charge in [-0.05, 0) is 37.4 Å². The molecule has 0 atom stereocenters. The summed E-state index contributed by atoms with van der Waals surface area (Å²) in [5.41, 5.74) is 4.66. The van der Waals surface area contributed by atoms with Gasteiger partial charge >= 0.3 is 0 Å². The molecule has 0 aliphatic heterocycles. The van der Waals surface area contributed by atoms with Gasteiger partial charge in [0.15, 0.2) is 0 Å². The summed E-state index contributed by atoms with van der Waals surface area (Å²) >= 11 is 6.45. The molecule has 2 heterocycles. The Kier molecular flexibility index (Phi) is 5.47. The molecule has 2 aromatic heterocycles. The predicted molar refractivity (Wildman–Crippen MR) is 112 cm³/mol. The number of aromatic nitrogens is 4. The zero-order valence-electron chi connectivity index (χ0n) is 16.3. The number of hydrogen-bond acceptors (Lipinski definition) is 3. The third-order valence-corrected chi connectivity index (χ3v) is 4.99. The Morgan fingerprint density at radius 3 is 2.48 bits per heavy atom. The van der Waals surface area contributed by atoms with Gasteiger partial charge in [0.1, 0.15) is 5.82 Å². The highest BCUT2D eigenvalue weighted by Gasteiger charge is 2.16. The van der Waals surface area contributed by atoms with Gasteiger partial charge in [0.2, 0.25) is 0 Å². The molecule has 4 aromatic rings. The van der Waals surface area contributed by atoms with E-state index in [0.717, 1.165) is 34.6 Å². The predicted octanol–water partition coefficient (Wildman–Crippen LogP) is 4.70. The summed E-state index contributed by atoms with van der Waals surface area (Å²) in [5, 5.41) is 9.65. The highest BCUT2D eigenvalue weighted by Crippen LogP contribution is 2.30. The first-order chi connectivity index (χ1) is 14.0. The molecule has 7 heteroatoms. The first-order valence-corrected chi connectivity index (χ1v) is 9.63. The molecule has 2 aromatic carbocycles. The topological polar surface area (TPSA) is 38.9 Å². The second-order valence-corrected chi connectivity index (χ2v) is 7.51. The fraction of sp³-hybridized carbons (Fsp3) is 0.182. The van der Waals surface area contributed by atoms with Crippen molar-refractivity contribution in [3.8, 4) is 16.9 Å². The van der Waals surface area contributed by atoms with Crippen LogP contribution in [0, 0.1) is 5.82 Å². The van der Waals surface area contributed by atoms with Gasteiger partial charge < -0.3 is 0 Å². The van der Waals surface area contributed by atoms with Crippen molar-refractivity contribution in [1.29, 1.82) is 0 Å². The first-order valence-electron chi connectivity index (χ1n) is 9.25. The van der Waals surface area contributed by atoms with Gasteiger partial charge in [0.25, 0.3) is 0 Å². The molecule has 29 heavy (non-hydrogen) atoms. The van der Waals surface area contributed by atoms with E-state index < -0.39 is 0 Å². The molecule has 0 aliphatic rings. The van der Waals surface area contributed by atoms with E-state index in [4.69, 9.17) is 16.7 Å². The molecule has 148 valence electrons. The van der Waals surface area contributed by atoms with E-state index in [-0.39, 0.29) is 5.82 Å². The van der Waals surface area contributed by atoms with Crippen LogP contribution in [0.2, 0.25) is 5.02 Å². The Hall–Kier alpha value is -2.96.